The van der Waals surface area contributed by atoms with Gasteiger partial charge in [0.05, 0.1) is 18.2 Å². The van der Waals surface area contributed by atoms with Gasteiger partial charge in [-0.05, 0) is 69.7 Å². The molecule has 46 heavy (non-hydrogen) atoms. The Bertz CT molecular complexity index is 1750. The molecule has 2 amide bonds. The Morgan fingerprint density at radius 2 is 1.72 bits per heavy atom. The molecule has 1 unspecified atom stereocenters. The minimum Gasteiger partial charge on any atom is -0.443 e. The SMILES string of the molecule is CC(C)c1nc(-c2cccc(C(F)(F)F)c2)c(F)c(C(C)C)c1CC(=O)N=S(=O)(NC(=O)OC(C)(C)C)c1cnc(C(C)(C)O)s1. The lowest BCUT2D eigenvalue weighted by Crippen LogP contribution is -2.36. The van der Waals surface area contributed by atoms with Crippen LogP contribution in [0.25, 0.3) is 11.3 Å². The molecule has 0 aliphatic carbocycles. The Balaban J connectivity index is 2.20. The van der Waals surface area contributed by atoms with Crippen molar-refractivity contribution in [3.63, 3.8) is 0 Å². The molecule has 0 saturated heterocycles. The average molecular weight is 687 g/mol. The highest BCUT2D eigenvalue weighted by molar-refractivity contribution is 7.94. The van der Waals surface area contributed by atoms with Gasteiger partial charge in [-0.25, -0.2) is 28.1 Å². The van der Waals surface area contributed by atoms with Gasteiger partial charge in [-0.15, -0.1) is 15.7 Å². The van der Waals surface area contributed by atoms with E-state index in [0.29, 0.717) is 0 Å². The summed E-state index contributed by atoms with van der Waals surface area (Å²) in [7, 11) is -4.07. The van der Waals surface area contributed by atoms with Gasteiger partial charge in [-0.1, -0.05) is 39.8 Å². The van der Waals surface area contributed by atoms with Crippen LogP contribution < -0.4 is 4.72 Å². The molecule has 1 atom stereocenters. The zero-order valence-electron chi connectivity index (χ0n) is 27.0. The third-order valence-electron chi connectivity index (χ3n) is 6.36. The number of pyridine rings is 1. The maximum Gasteiger partial charge on any atom is 0.420 e. The molecule has 2 heterocycles. The smallest absolute Gasteiger partial charge is 0.420 e. The predicted octanol–water partition coefficient (Wildman–Crippen LogP) is 7.87. The number of alkyl halides is 3. The first-order valence-corrected chi connectivity index (χ1v) is 16.6. The van der Waals surface area contributed by atoms with Crippen molar-refractivity contribution in [2.75, 3.05) is 0 Å². The fourth-order valence-corrected chi connectivity index (χ4v) is 7.09. The first-order chi connectivity index (χ1) is 20.9. The largest absolute Gasteiger partial charge is 0.443 e. The van der Waals surface area contributed by atoms with Crippen molar-refractivity contribution in [2.24, 2.45) is 4.36 Å². The lowest BCUT2D eigenvalue weighted by Gasteiger charge is -2.22. The van der Waals surface area contributed by atoms with Crippen molar-refractivity contribution in [2.45, 2.75) is 102 Å². The fourth-order valence-electron chi connectivity index (χ4n) is 4.46. The van der Waals surface area contributed by atoms with Crippen molar-refractivity contribution >= 4 is 33.3 Å². The summed E-state index contributed by atoms with van der Waals surface area (Å²) in [6.45, 7) is 14.4. The number of halogens is 4. The highest BCUT2D eigenvalue weighted by atomic mass is 32.2. The number of carbonyl (C=O) groups is 2. The van der Waals surface area contributed by atoms with E-state index < -0.39 is 68.9 Å². The molecule has 0 radical (unpaired) electrons. The second-order valence-corrected chi connectivity index (χ2v) is 15.9. The number of amides is 2. The molecule has 0 aliphatic heterocycles. The van der Waals surface area contributed by atoms with E-state index in [1.54, 1.807) is 48.5 Å². The van der Waals surface area contributed by atoms with Crippen LogP contribution in [0.3, 0.4) is 0 Å². The molecule has 1 aromatic carbocycles. The van der Waals surface area contributed by atoms with E-state index in [1.807, 2.05) is 0 Å². The topological polar surface area (TPSA) is 131 Å². The van der Waals surface area contributed by atoms with Crippen LogP contribution in [0.2, 0.25) is 0 Å². The number of carbonyl (C=O) groups excluding carboxylic acids is 2. The van der Waals surface area contributed by atoms with Gasteiger partial charge in [0.1, 0.15) is 26.1 Å². The third kappa shape index (κ3) is 8.88. The number of nitrogens with zero attached hydrogens (tertiary/aromatic N) is 3. The average Bonchev–Trinajstić information content (AvgIpc) is 3.39. The minimum atomic E-state index is -4.66. The quantitative estimate of drug-likeness (QED) is 0.231. The molecule has 252 valence electrons. The number of rotatable bonds is 8. The summed E-state index contributed by atoms with van der Waals surface area (Å²) in [4.78, 5) is 34.7. The zero-order chi connectivity index (χ0) is 35.0. The lowest BCUT2D eigenvalue weighted by atomic mass is 9.88. The van der Waals surface area contributed by atoms with Crippen molar-refractivity contribution in [3.05, 3.63) is 63.7 Å². The molecule has 9 nitrogen and oxygen atoms in total. The summed E-state index contributed by atoms with van der Waals surface area (Å²) in [6.07, 6.45) is -5.25. The summed E-state index contributed by atoms with van der Waals surface area (Å²) in [5.74, 6) is -2.86. The Morgan fingerprint density at radius 3 is 2.22 bits per heavy atom. The second-order valence-electron chi connectivity index (χ2n) is 12.8. The van der Waals surface area contributed by atoms with Crippen LogP contribution in [-0.4, -0.2) is 36.9 Å². The molecular weight excluding hydrogens is 648 g/mol. The molecule has 0 saturated carbocycles. The number of hydrogen-bond acceptors (Lipinski definition) is 8. The van der Waals surface area contributed by atoms with Gasteiger partial charge in [0, 0.05) is 11.3 Å². The minimum absolute atomic E-state index is 0.0448. The maximum absolute atomic E-state index is 16.2. The van der Waals surface area contributed by atoms with Crippen LogP contribution in [-0.2, 0) is 37.6 Å². The van der Waals surface area contributed by atoms with Crippen molar-refractivity contribution in [1.82, 2.24) is 14.7 Å². The highest BCUT2D eigenvalue weighted by Crippen LogP contribution is 2.37. The van der Waals surface area contributed by atoms with E-state index in [9.17, 15) is 32.1 Å². The van der Waals surface area contributed by atoms with Crippen molar-refractivity contribution < 1.29 is 41.2 Å². The predicted molar refractivity (Wildman–Crippen MR) is 167 cm³/mol. The zero-order valence-corrected chi connectivity index (χ0v) is 28.6. The number of nitrogens with one attached hydrogen (secondary N) is 1. The first-order valence-electron chi connectivity index (χ1n) is 14.3. The van der Waals surface area contributed by atoms with Gasteiger partial charge >= 0.3 is 12.3 Å². The molecule has 2 aromatic heterocycles. The Kier molecular flexibility index (Phi) is 10.8. The molecule has 3 aromatic rings. The van der Waals surface area contributed by atoms with Crippen LogP contribution in [0.1, 0.15) is 102 Å². The van der Waals surface area contributed by atoms with E-state index in [-0.39, 0.29) is 37.3 Å². The molecule has 15 heteroatoms. The van der Waals surface area contributed by atoms with Gasteiger partial charge in [-0.2, -0.15) is 13.2 Å². The fraction of sp³-hybridized carbons (Fsp3) is 0.484. The number of hydrogen-bond donors (Lipinski definition) is 2. The summed E-state index contributed by atoms with van der Waals surface area (Å²) in [6, 6.07) is 4.17. The highest BCUT2D eigenvalue weighted by Gasteiger charge is 2.33. The van der Waals surface area contributed by atoms with E-state index >= 15 is 4.39 Å². The molecular formula is C31H38F4N4O5S2. The van der Waals surface area contributed by atoms with Crippen LogP contribution in [0.15, 0.2) is 39.0 Å². The number of aromatic nitrogens is 2. The first kappa shape index (κ1) is 37.0. The molecule has 0 fully saturated rings. The maximum atomic E-state index is 16.2. The summed E-state index contributed by atoms with van der Waals surface area (Å²) >= 11 is 0.771. The molecule has 3 rings (SSSR count). The third-order valence-corrected chi connectivity index (χ3v) is 9.95. The van der Waals surface area contributed by atoms with E-state index in [2.05, 4.69) is 19.1 Å². The number of benzene rings is 1. The Labute approximate surface area is 270 Å². The lowest BCUT2D eigenvalue weighted by molar-refractivity contribution is -0.137. The van der Waals surface area contributed by atoms with Gasteiger partial charge in [0.2, 0.25) is 0 Å². The monoisotopic (exact) mass is 686 g/mol. The summed E-state index contributed by atoms with van der Waals surface area (Å²) in [5.41, 5.74) is -3.33. The Morgan fingerprint density at radius 1 is 1.09 bits per heavy atom. The standard InChI is InChI=1S/C31H38F4N4O5S2/c1-16(2)23-20(25(17(3)4)37-26(24(23)32)18-11-10-12-19(13-18)31(33,34)35)14-21(40)38-46(43,39-28(41)44-29(5,6)7)22-15-36-27(45-22)30(8,9)42/h10-13,15-17,42H,14H2,1-9H3,(H,38,39,40,41,43). The normalized spacial score (nSPS) is 13.9. The summed E-state index contributed by atoms with van der Waals surface area (Å²) < 4.78 is 81.9. The van der Waals surface area contributed by atoms with Gasteiger partial charge < -0.3 is 9.84 Å². The van der Waals surface area contributed by atoms with E-state index in [4.69, 9.17) is 4.74 Å². The van der Waals surface area contributed by atoms with E-state index in [1.165, 1.54) is 19.9 Å². The van der Waals surface area contributed by atoms with Crippen molar-refractivity contribution in [1.29, 1.82) is 0 Å². The van der Waals surface area contributed by atoms with Gasteiger partial charge in [-0.3, -0.25) is 4.79 Å². The van der Waals surface area contributed by atoms with Crippen LogP contribution in [0, 0.1) is 5.82 Å². The van der Waals surface area contributed by atoms with Crippen molar-refractivity contribution in [3.8, 4) is 11.3 Å². The molecule has 0 aliphatic rings. The van der Waals surface area contributed by atoms with Crippen LogP contribution >= 0.6 is 11.3 Å². The van der Waals surface area contributed by atoms with Gasteiger partial charge in [0.25, 0.3) is 5.91 Å². The molecule has 0 bridgehead atoms. The van der Waals surface area contributed by atoms with Crippen LogP contribution in [0.5, 0.6) is 0 Å². The van der Waals surface area contributed by atoms with E-state index in [0.717, 1.165) is 35.7 Å². The number of aliphatic hydroxyl groups is 1. The number of thiazole rings is 1. The molecule has 0 spiro atoms. The second kappa shape index (κ2) is 13.4. The molecule has 2 N–H and O–H groups in total. The summed E-state index contributed by atoms with van der Waals surface area (Å²) in [5, 5.41) is 10.5. The van der Waals surface area contributed by atoms with Crippen LogP contribution in [0.4, 0.5) is 22.4 Å². The Hall–Kier alpha value is -3.43. The number of ether oxygens (including phenoxy) is 1. The van der Waals surface area contributed by atoms with Gasteiger partial charge in [0.15, 0.2) is 15.7 Å².